The Hall–Kier alpha value is -2.60. The van der Waals surface area contributed by atoms with Crippen molar-refractivity contribution >= 4 is 22.8 Å². The highest BCUT2D eigenvalue weighted by Crippen LogP contribution is 2.30. The molecule has 0 aromatic carbocycles. The van der Waals surface area contributed by atoms with Crippen LogP contribution in [0.3, 0.4) is 0 Å². The minimum atomic E-state index is -1.37. The van der Waals surface area contributed by atoms with E-state index < -0.39 is 22.8 Å². The van der Waals surface area contributed by atoms with Crippen molar-refractivity contribution in [2.75, 3.05) is 58.0 Å². The van der Waals surface area contributed by atoms with Crippen molar-refractivity contribution in [1.82, 2.24) is 14.9 Å². The van der Waals surface area contributed by atoms with E-state index >= 15 is 4.39 Å². The largest absolute Gasteiger partial charge is 0.477 e. The number of hydrogen-bond acceptors (Lipinski definition) is 8. The van der Waals surface area contributed by atoms with E-state index in [9.17, 15) is 14.7 Å². The smallest absolute Gasteiger partial charge is 0.341 e. The van der Waals surface area contributed by atoms with E-state index in [0.717, 1.165) is 37.9 Å². The van der Waals surface area contributed by atoms with Crippen LogP contribution in [0.4, 0.5) is 10.2 Å². The van der Waals surface area contributed by atoms with Crippen LogP contribution in [0.15, 0.2) is 17.1 Å². The fraction of sp³-hybridized carbons (Fsp3) is 0.679. The summed E-state index contributed by atoms with van der Waals surface area (Å²) in [6.07, 6.45) is 7.85. The maximum atomic E-state index is 15.3. The Morgan fingerprint density at radius 1 is 1.15 bits per heavy atom. The Morgan fingerprint density at radius 2 is 1.85 bits per heavy atom. The molecule has 2 aromatic rings. The summed E-state index contributed by atoms with van der Waals surface area (Å²) in [5, 5.41) is 12.9. The average Bonchev–Trinajstić information content (AvgIpc) is 2.95. The van der Waals surface area contributed by atoms with Gasteiger partial charge in [0, 0.05) is 32.9 Å². The zero-order valence-corrected chi connectivity index (χ0v) is 23.0. The van der Waals surface area contributed by atoms with Crippen molar-refractivity contribution in [3.05, 3.63) is 33.9 Å². The van der Waals surface area contributed by atoms with E-state index in [2.05, 4.69) is 10.3 Å². The van der Waals surface area contributed by atoms with Crippen molar-refractivity contribution in [1.29, 1.82) is 0 Å². The number of piperidine rings is 2. The molecular weight excluding hydrogens is 507 g/mol. The van der Waals surface area contributed by atoms with Gasteiger partial charge >= 0.3 is 5.97 Å². The van der Waals surface area contributed by atoms with Gasteiger partial charge in [0.2, 0.25) is 5.43 Å². The van der Waals surface area contributed by atoms with Crippen molar-refractivity contribution < 1.29 is 28.5 Å². The second kappa shape index (κ2) is 14.2. The van der Waals surface area contributed by atoms with Crippen LogP contribution in [0.5, 0.6) is 0 Å². The molecular formula is C28H41FN4O6. The molecule has 0 radical (unpaired) electrons. The zero-order chi connectivity index (χ0) is 27.8. The number of fused-ring (bicyclic) bond motifs is 1. The molecule has 2 aromatic heterocycles. The number of methoxy groups -OCH3 is 1. The third-order valence-corrected chi connectivity index (χ3v) is 7.96. The Bertz CT molecular complexity index is 1160. The molecule has 2 aliphatic rings. The molecule has 39 heavy (non-hydrogen) atoms. The lowest BCUT2D eigenvalue weighted by Crippen LogP contribution is -2.35. The Labute approximate surface area is 228 Å². The zero-order valence-electron chi connectivity index (χ0n) is 23.0. The molecule has 216 valence electrons. The van der Waals surface area contributed by atoms with Crippen molar-refractivity contribution in [3.63, 3.8) is 0 Å². The van der Waals surface area contributed by atoms with Crippen LogP contribution in [0.25, 0.3) is 11.0 Å². The van der Waals surface area contributed by atoms with Crippen LogP contribution in [-0.2, 0) is 20.8 Å². The number of pyridine rings is 2. The van der Waals surface area contributed by atoms with Gasteiger partial charge in [-0.25, -0.2) is 14.2 Å². The summed E-state index contributed by atoms with van der Waals surface area (Å²) < 4.78 is 32.9. The van der Waals surface area contributed by atoms with Gasteiger partial charge in [0.1, 0.15) is 11.2 Å². The number of aromatic carboxylic acids is 1. The minimum absolute atomic E-state index is 0.0507. The highest BCUT2D eigenvalue weighted by molar-refractivity contribution is 5.92. The van der Waals surface area contributed by atoms with Crippen LogP contribution >= 0.6 is 0 Å². The third kappa shape index (κ3) is 7.75. The molecule has 2 aliphatic heterocycles. The van der Waals surface area contributed by atoms with Gasteiger partial charge < -0.3 is 34.1 Å². The summed E-state index contributed by atoms with van der Waals surface area (Å²) in [5.74, 6) is -0.332. The second-order valence-corrected chi connectivity index (χ2v) is 10.5. The fourth-order valence-corrected chi connectivity index (χ4v) is 5.50. The number of carbonyl (C=O) groups is 1. The van der Waals surface area contributed by atoms with Crippen LogP contribution < -0.4 is 15.6 Å². The standard InChI is InChI=1S/C28H41FN4O6/c1-19(37-2)39-16-15-38-14-13-33-18-23(28(35)36)25(34)22-17-24(29)27(31-26(22)33)32-11-7-21(8-12-32)4-3-20-5-9-30-10-6-20/h17-21,30H,3-16H2,1-2H3,(H,35,36). The SMILES string of the molecule is COC(C)OCCOCCn1cc(C(=O)O)c(=O)c2cc(F)c(N3CCC(CCC4CCNCC4)CC3)nc21. The number of hydrogen-bond donors (Lipinski definition) is 2. The topological polar surface area (TPSA) is 115 Å². The molecule has 0 aliphatic carbocycles. The normalized spacial score (nSPS) is 18.1. The number of aromatic nitrogens is 2. The lowest BCUT2D eigenvalue weighted by Gasteiger charge is -2.34. The number of carboxylic acid groups (broad SMARTS) is 1. The summed E-state index contributed by atoms with van der Waals surface area (Å²) in [6.45, 7) is 6.54. The molecule has 2 N–H and O–H groups in total. The van der Waals surface area contributed by atoms with E-state index in [1.165, 1.54) is 31.9 Å². The van der Waals surface area contributed by atoms with Crippen LogP contribution in [0, 0.1) is 17.7 Å². The first-order valence-corrected chi connectivity index (χ1v) is 14.0. The fourth-order valence-electron chi connectivity index (χ4n) is 5.50. The lowest BCUT2D eigenvalue weighted by atomic mass is 9.85. The number of nitrogens with one attached hydrogen (secondary N) is 1. The molecule has 0 spiro atoms. The lowest BCUT2D eigenvalue weighted by molar-refractivity contribution is -0.121. The molecule has 0 bridgehead atoms. The number of rotatable bonds is 13. The first-order valence-electron chi connectivity index (χ1n) is 14.0. The molecule has 4 heterocycles. The maximum absolute atomic E-state index is 15.3. The molecule has 1 unspecified atom stereocenters. The van der Waals surface area contributed by atoms with Gasteiger partial charge in [-0.1, -0.05) is 12.8 Å². The minimum Gasteiger partial charge on any atom is -0.477 e. The average molecular weight is 549 g/mol. The summed E-state index contributed by atoms with van der Waals surface area (Å²) in [4.78, 5) is 31.1. The van der Waals surface area contributed by atoms with Gasteiger partial charge in [0.05, 0.1) is 25.2 Å². The van der Waals surface area contributed by atoms with Crippen LogP contribution in [0.1, 0.15) is 55.8 Å². The van der Waals surface area contributed by atoms with E-state index in [0.29, 0.717) is 32.2 Å². The summed E-state index contributed by atoms with van der Waals surface area (Å²) in [7, 11) is 1.55. The molecule has 0 saturated carbocycles. The van der Waals surface area contributed by atoms with Crippen molar-refractivity contribution in [2.24, 2.45) is 11.8 Å². The second-order valence-electron chi connectivity index (χ2n) is 10.5. The van der Waals surface area contributed by atoms with E-state index in [1.807, 2.05) is 4.90 Å². The highest BCUT2D eigenvalue weighted by atomic mass is 19.1. The molecule has 10 nitrogen and oxygen atoms in total. The van der Waals surface area contributed by atoms with Gasteiger partial charge in [-0.3, -0.25) is 4.79 Å². The Morgan fingerprint density at radius 3 is 2.51 bits per heavy atom. The third-order valence-electron chi connectivity index (χ3n) is 7.96. The van der Waals surface area contributed by atoms with Crippen LogP contribution in [0.2, 0.25) is 0 Å². The van der Waals surface area contributed by atoms with Gasteiger partial charge in [-0.2, -0.15) is 0 Å². The molecule has 2 saturated heterocycles. The summed E-state index contributed by atoms with van der Waals surface area (Å²) in [5.41, 5.74) is -0.920. The highest BCUT2D eigenvalue weighted by Gasteiger charge is 2.25. The van der Waals surface area contributed by atoms with Gasteiger partial charge in [0.15, 0.2) is 17.9 Å². The first kappa shape index (κ1) is 29.4. The van der Waals surface area contributed by atoms with E-state index in [1.54, 1.807) is 18.6 Å². The van der Waals surface area contributed by atoms with Crippen LogP contribution in [-0.4, -0.2) is 80.0 Å². The summed E-state index contributed by atoms with van der Waals surface area (Å²) in [6, 6.07) is 1.13. The molecule has 2 fully saturated rings. The predicted octanol–water partition coefficient (Wildman–Crippen LogP) is 3.26. The molecule has 0 amide bonds. The van der Waals surface area contributed by atoms with E-state index in [-0.39, 0.29) is 36.3 Å². The molecule has 11 heteroatoms. The van der Waals surface area contributed by atoms with Gasteiger partial charge in [-0.15, -0.1) is 0 Å². The number of anilines is 1. The number of ether oxygens (including phenoxy) is 3. The first-order chi connectivity index (χ1) is 18.9. The Balaban J connectivity index is 1.44. The monoisotopic (exact) mass is 548 g/mol. The quantitative estimate of drug-likeness (QED) is 0.288. The number of carboxylic acids is 1. The molecule has 1 atom stereocenters. The predicted molar refractivity (Wildman–Crippen MR) is 146 cm³/mol. The summed E-state index contributed by atoms with van der Waals surface area (Å²) >= 11 is 0. The van der Waals surface area contributed by atoms with E-state index in [4.69, 9.17) is 14.2 Å². The molecule has 4 rings (SSSR count). The maximum Gasteiger partial charge on any atom is 0.341 e. The van der Waals surface area contributed by atoms with Gasteiger partial charge in [0.25, 0.3) is 0 Å². The van der Waals surface area contributed by atoms with Gasteiger partial charge in [-0.05, 0) is 63.6 Å². The number of nitrogens with zero attached hydrogens (tertiary/aromatic N) is 3. The van der Waals surface area contributed by atoms with Crippen molar-refractivity contribution in [3.8, 4) is 0 Å². The van der Waals surface area contributed by atoms with Crippen molar-refractivity contribution in [2.45, 2.75) is 58.3 Å². The number of halogens is 1. The Kier molecular flexibility index (Phi) is 10.7.